The normalized spacial score (nSPS) is 10.9. The Bertz CT molecular complexity index is 753. The first-order valence-corrected chi connectivity index (χ1v) is 7.47. The van der Waals surface area contributed by atoms with Crippen LogP contribution in [-0.4, -0.2) is 9.78 Å². The molecular weight excluding hydrogens is 290 g/mol. The molecule has 2 N–H and O–H groups in total. The van der Waals surface area contributed by atoms with Crippen LogP contribution in [0.25, 0.3) is 16.9 Å². The van der Waals surface area contributed by atoms with Crippen LogP contribution in [0.2, 0.25) is 4.34 Å². The summed E-state index contributed by atoms with van der Waals surface area (Å²) in [5, 5.41) is 6.55. The topological polar surface area (TPSA) is 43.8 Å². The lowest BCUT2D eigenvalue weighted by atomic mass is 10.1. The third-order valence-electron chi connectivity index (χ3n) is 3.05. The Balaban J connectivity index is 2.08. The summed E-state index contributed by atoms with van der Waals surface area (Å²) >= 11 is 7.45. The maximum atomic E-state index is 6.07. The molecule has 0 aliphatic rings. The van der Waals surface area contributed by atoms with E-state index in [1.165, 1.54) is 22.5 Å². The number of nitrogens with zero attached hydrogens (tertiary/aromatic N) is 2. The smallest absolute Gasteiger partial charge is 0.117 e. The number of benzene rings is 1. The fourth-order valence-corrected chi connectivity index (χ4v) is 3.13. The SMILES string of the molecule is Cc1cc(C)cc(-n2cc(N)c(-c3csc(Cl)c3)n2)c1. The largest absolute Gasteiger partial charge is 0.396 e. The third-order valence-corrected chi connectivity index (χ3v) is 4.15. The maximum Gasteiger partial charge on any atom is 0.117 e. The van der Waals surface area contributed by atoms with Crippen LogP contribution in [-0.2, 0) is 0 Å². The van der Waals surface area contributed by atoms with Gasteiger partial charge in [-0.1, -0.05) is 17.7 Å². The highest BCUT2D eigenvalue weighted by atomic mass is 35.5. The van der Waals surface area contributed by atoms with E-state index in [9.17, 15) is 0 Å². The predicted octanol–water partition coefficient (Wildman–Crippen LogP) is 4.45. The second kappa shape index (κ2) is 4.96. The zero-order valence-corrected chi connectivity index (χ0v) is 12.8. The van der Waals surface area contributed by atoms with Crippen molar-refractivity contribution >= 4 is 28.6 Å². The summed E-state index contributed by atoms with van der Waals surface area (Å²) in [5.74, 6) is 0. The Morgan fingerprint density at radius 3 is 2.45 bits per heavy atom. The van der Waals surface area contributed by atoms with Crippen LogP contribution < -0.4 is 5.73 Å². The van der Waals surface area contributed by atoms with Crippen molar-refractivity contribution in [3.8, 4) is 16.9 Å². The molecule has 0 fully saturated rings. The average molecular weight is 304 g/mol. The number of thiophene rings is 1. The van der Waals surface area contributed by atoms with Crippen LogP contribution in [0.3, 0.4) is 0 Å². The minimum Gasteiger partial charge on any atom is -0.396 e. The molecule has 0 amide bonds. The molecule has 0 spiro atoms. The van der Waals surface area contributed by atoms with E-state index in [1.54, 1.807) is 0 Å². The first-order valence-electron chi connectivity index (χ1n) is 6.21. The molecule has 3 aromatic rings. The number of hydrogen-bond acceptors (Lipinski definition) is 3. The van der Waals surface area contributed by atoms with Crippen molar-refractivity contribution in [3.63, 3.8) is 0 Å². The fraction of sp³-hybridized carbons (Fsp3) is 0.133. The Hall–Kier alpha value is -1.78. The summed E-state index contributed by atoms with van der Waals surface area (Å²) in [4.78, 5) is 0. The molecule has 1 aromatic carbocycles. The number of rotatable bonds is 2. The molecule has 5 heteroatoms. The van der Waals surface area contributed by atoms with Crippen molar-refractivity contribution in [3.05, 3.63) is 51.3 Å². The van der Waals surface area contributed by atoms with Gasteiger partial charge < -0.3 is 5.73 Å². The average Bonchev–Trinajstić information content (AvgIpc) is 2.94. The minimum absolute atomic E-state index is 0.652. The monoisotopic (exact) mass is 303 g/mol. The Morgan fingerprint density at radius 1 is 1.15 bits per heavy atom. The summed E-state index contributed by atoms with van der Waals surface area (Å²) in [5.41, 5.74) is 11.9. The molecular formula is C15H14ClN3S. The number of anilines is 1. The second-order valence-corrected chi connectivity index (χ2v) is 6.41. The van der Waals surface area contributed by atoms with E-state index >= 15 is 0 Å². The van der Waals surface area contributed by atoms with Gasteiger partial charge in [0, 0.05) is 10.9 Å². The molecule has 3 nitrogen and oxygen atoms in total. The number of halogens is 1. The van der Waals surface area contributed by atoms with Gasteiger partial charge in [0.25, 0.3) is 0 Å². The zero-order valence-electron chi connectivity index (χ0n) is 11.2. The highest BCUT2D eigenvalue weighted by Gasteiger charge is 2.11. The standard InChI is InChI=1S/C15H14ClN3S/c1-9-3-10(2)5-12(4-9)19-7-13(17)15(18-19)11-6-14(16)20-8-11/h3-8H,17H2,1-2H3. The number of hydrogen-bond donors (Lipinski definition) is 1. The highest BCUT2D eigenvalue weighted by molar-refractivity contribution is 7.14. The third kappa shape index (κ3) is 2.44. The Labute approximate surface area is 126 Å². The molecule has 20 heavy (non-hydrogen) atoms. The molecule has 102 valence electrons. The van der Waals surface area contributed by atoms with E-state index in [1.807, 2.05) is 22.3 Å². The number of nitrogens with two attached hydrogens (primary N) is 1. The summed E-state index contributed by atoms with van der Waals surface area (Å²) in [6.07, 6.45) is 1.84. The number of aryl methyl sites for hydroxylation is 2. The van der Waals surface area contributed by atoms with E-state index in [0.717, 1.165) is 21.3 Å². The summed E-state index contributed by atoms with van der Waals surface area (Å²) in [6.45, 7) is 4.14. The molecule has 0 saturated carbocycles. The highest BCUT2D eigenvalue weighted by Crippen LogP contribution is 2.31. The molecule has 2 aromatic heterocycles. The van der Waals surface area contributed by atoms with Crippen molar-refractivity contribution in [2.75, 3.05) is 5.73 Å². The van der Waals surface area contributed by atoms with Gasteiger partial charge in [-0.05, 0) is 43.2 Å². The van der Waals surface area contributed by atoms with Crippen molar-refractivity contribution in [2.45, 2.75) is 13.8 Å². The Morgan fingerprint density at radius 2 is 1.85 bits per heavy atom. The summed E-state index contributed by atoms with van der Waals surface area (Å²) < 4.78 is 2.55. The first-order chi connectivity index (χ1) is 9.52. The van der Waals surface area contributed by atoms with Crippen molar-refractivity contribution in [1.29, 1.82) is 0 Å². The summed E-state index contributed by atoms with van der Waals surface area (Å²) in [6, 6.07) is 8.19. The van der Waals surface area contributed by atoms with E-state index in [-0.39, 0.29) is 0 Å². The zero-order chi connectivity index (χ0) is 14.3. The van der Waals surface area contributed by atoms with E-state index in [4.69, 9.17) is 17.3 Å². The quantitative estimate of drug-likeness (QED) is 0.760. The van der Waals surface area contributed by atoms with E-state index in [0.29, 0.717) is 5.69 Å². The number of nitrogen functional groups attached to an aromatic ring is 1. The van der Waals surface area contributed by atoms with Crippen molar-refractivity contribution < 1.29 is 0 Å². The maximum absolute atomic E-state index is 6.07. The van der Waals surface area contributed by atoms with Crippen LogP contribution >= 0.6 is 22.9 Å². The van der Waals surface area contributed by atoms with Crippen LogP contribution in [0.4, 0.5) is 5.69 Å². The number of aromatic nitrogens is 2. The van der Waals surface area contributed by atoms with Gasteiger partial charge in [-0.3, -0.25) is 0 Å². The van der Waals surface area contributed by atoms with Crippen molar-refractivity contribution in [1.82, 2.24) is 9.78 Å². The van der Waals surface area contributed by atoms with Gasteiger partial charge in [0.05, 0.1) is 21.9 Å². The molecule has 0 saturated heterocycles. The van der Waals surface area contributed by atoms with Crippen molar-refractivity contribution in [2.24, 2.45) is 0 Å². The lowest BCUT2D eigenvalue weighted by molar-refractivity contribution is 0.881. The predicted molar refractivity (Wildman–Crippen MR) is 85.8 cm³/mol. The van der Waals surface area contributed by atoms with Gasteiger partial charge in [0.1, 0.15) is 5.69 Å². The van der Waals surface area contributed by atoms with Gasteiger partial charge >= 0.3 is 0 Å². The van der Waals surface area contributed by atoms with Gasteiger partial charge in [-0.2, -0.15) is 5.10 Å². The second-order valence-electron chi connectivity index (χ2n) is 4.86. The molecule has 0 aliphatic carbocycles. The lowest BCUT2D eigenvalue weighted by Crippen LogP contribution is -1.96. The van der Waals surface area contributed by atoms with Gasteiger partial charge in [-0.25, -0.2) is 4.68 Å². The van der Waals surface area contributed by atoms with Crippen LogP contribution in [0.15, 0.2) is 35.8 Å². The van der Waals surface area contributed by atoms with Gasteiger partial charge in [-0.15, -0.1) is 11.3 Å². The molecule has 0 unspecified atom stereocenters. The Kier molecular flexibility index (Phi) is 3.28. The first kappa shape index (κ1) is 13.2. The molecule has 0 bridgehead atoms. The van der Waals surface area contributed by atoms with Crippen LogP contribution in [0.1, 0.15) is 11.1 Å². The molecule has 3 rings (SSSR count). The van der Waals surface area contributed by atoms with Gasteiger partial charge in [0.15, 0.2) is 0 Å². The van der Waals surface area contributed by atoms with Gasteiger partial charge in [0.2, 0.25) is 0 Å². The lowest BCUT2D eigenvalue weighted by Gasteiger charge is -2.04. The fourth-order valence-electron chi connectivity index (χ4n) is 2.26. The molecule has 0 atom stereocenters. The van der Waals surface area contributed by atoms with Crippen LogP contribution in [0.5, 0.6) is 0 Å². The van der Waals surface area contributed by atoms with Crippen LogP contribution in [0, 0.1) is 13.8 Å². The molecule has 0 aliphatic heterocycles. The minimum atomic E-state index is 0.652. The van der Waals surface area contributed by atoms with E-state index < -0.39 is 0 Å². The van der Waals surface area contributed by atoms with E-state index in [2.05, 4.69) is 37.1 Å². The summed E-state index contributed by atoms with van der Waals surface area (Å²) in [7, 11) is 0. The molecule has 2 heterocycles. The molecule has 0 radical (unpaired) electrons.